The third kappa shape index (κ3) is 6.23. The number of fused-ring (bicyclic) bond motifs is 1. The number of aryl methyl sites for hydroxylation is 1. The summed E-state index contributed by atoms with van der Waals surface area (Å²) in [5.74, 6) is -4.04. The summed E-state index contributed by atoms with van der Waals surface area (Å²) in [5.41, 5.74) is 2.42. The largest absolute Gasteiger partial charge is 0.469 e. The Hall–Kier alpha value is -3.27. The van der Waals surface area contributed by atoms with Crippen LogP contribution in [0.4, 0.5) is 10.1 Å². The van der Waals surface area contributed by atoms with Crippen LogP contribution in [0.1, 0.15) is 61.4 Å². The Morgan fingerprint density at radius 1 is 1.07 bits per heavy atom. The highest BCUT2D eigenvalue weighted by molar-refractivity contribution is 6.34. The summed E-state index contributed by atoms with van der Waals surface area (Å²) in [7, 11) is 1.36. The number of ketones is 1. The van der Waals surface area contributed by atoms with E-state index in [1.54, 1.807) is 18.2 Å². The van der Waals surface area contributed by atoms with Gasteiger partial charge in [-0.25, -0.2) is 4.90 Å². The molecule has 0 radical (unpaired) electrons. The lowest BCUT2D eigenvalue weighted by Crippen LogP contribution is -2.54. The summed E-state index contributed by atoms with van der Waals surface area (Å²) in [6, 6.07) is 12.6. The number of aromatic nitrogens is 1. The van der Waals surface area contributed by atoms with E-state index in [4.69, 9.17) is 21.1 Å². The topological polar surface area (TPSA) is 89.9 Å². The van der Waals surface area contributed by atoms with Crippen molar-refractivity contribution in [3.63, 3.8) is 0 Å². The van der Waals surface area contributed by atoms with Crippen LogP contribution < -0.4 is 5.32 Å². The Bertz CT molecular complexity index is 1460. The number of carbonyl (C=O) groups is 3. The van der Waals surface area contributed by atoms with Gasteiger partial charge in [-0.15, -0.1) is 0 Å². The number of nitrogens with one attached hydrogen (secondary N) is 1. The molecule has 1 saturated heterocycles. The van der Waals surface area contributed by atoms with E-state index in [1.807, 2.05) is 42.0 Å². The van der Waals surface area contributed by atoms with Crippen LogP contribution in [0.5, 0.6) is 0 Å². The number of methoxy groups -OCH3 is 1. The van der Waals surface area contributed by atoms with Crippen LogP contribution in [-0.2, 0) is 32.0 Å². The van der Waals surface area contributed by atoms with Crippen LogP contribution in [0.15, 0.2) is 48.7 Å². The molecular formula is C32H37ClFN3O5. The van der Waals surface area contributed by atoms with Crippen molar-refractivity contribution in [1.82, 2.24) is 9.47 Å². The molecule has 1 unspecified atom stereocenters. The summed E-state index contributed by atoms with van der Waals surface area (Å²) in [6.07, 6.45) is 4.72. The fourth-order valence-corrected chi connectivity index (χ4v) is 6.32. The molecule has 1 atom stereocenters. The number of nitrogens with zero attached hydrogens (tertiary/aromatic N) is 2. The van der Waals surface area contributed by atoms with Crippen LogP contribution in [0.25, 0.3) is 10.9 Å². The zero-order valence-corrected chi connectivity index (χ0v) is 24.8. The minimum Gasteiger partial charge on any atom is -0.469 e. The number of hydrogen-bond acceptors (Lipinski definition) is 6. The highest BCUT2D eigenvalue weighted by Gasteiger charge is 2.48. The second kappa shape index (κ2) is 12.9. The summed E-state index contributed by atoms with van der Waals surface area (Å²) in [5, 5.41) is 3.97. The maximum atomic E-state index is 16.6. The molecule has 1 aromatic heterocycles. The molecule has 1 saturated carbocycles. The molecule has 224 valence electrons. The monoisotopic (exact) mass is 597 g/mol. The minimum absolute atomic E-state index is 0.220. The van der Waals surface area contributed by atoms with Crippen molar-refractivity contribution >= 4 is 45.9 Å². The third-order valence-electron chi connectivity index (χ3n) is 8.41. The maximum Gasteiger partial charge on any atom is 0.330 e. The van der Waals surface area contributed by atoms with E-state index < -0.39 is 17.9 Å². The Balaban J connectivity index is 1.28. The number of alkyl halides is 1. The van der Waals surface area contributed by atoms with Gasteiger partial charge in [0.1, 0.15) is 0 Å². The zero-order valence-electron chi connectivity index (χ0n) is 24.0. The summed E-state index contributed by atoms with van der Waals surface area (Å²) < 4.78 is 29.3. The van der Waals surface area contributed by atoms with Crippen molar-refractivity contribution in [2.45, 2.75) is 70.5 Å². The second-order valence-electron chi connectivity index (χ2n) is 11.1. The predicted molar refractivity (Wildman–Crippen MR) is 159 cm³/mol. The van der Waals surface area contributed by atoms with E-state index in [2.05, 4.69) is 5.32 Å². The van der Waals surface area contributed by atoms with E-state index in [0.717, 1.165) is 30.3 Å². The molecule has 0 bridgehead atoms. The molecule has 2 aliphatic rings. The number of halogens is 2. The van der Waals surface area contributed by atoms with Gasteiger partial charge in [-0.1, -0.05) is 35.9 Å². The van der Waals surface area contributed by atoms with Crippen LogP contribution in [-0.4, -0.2) is 59.4 Å². The van der Waals surface area contributed by atoms with Gasteiger partial charge < -0.3 is 19.4 Å². The number of benzene rings is 2. The molecule has 42 heavy (non-hydrogen) atoms. The molecule has 2 fully saturated rings. The Morgan fingerprint density at radius 3 is 2.45 bits per heavy atom. The Morgan fingerprint density at radius 2 is 1.79 bits per heavy atom. The summed E-state index contributed by atoms with van der Waals surface area (Å²) in [6.45, 7) is 3.60. The molecule has 5 rings (SSSR count). The minimum atomic E-state index is -2.56. The van der Waals surface area contributed by atoms with Crippen molar-refractivity contribution in [2.75, 3.05) is 25.5 Å². The fourth-order valence-electron chi connectivity index (χ4n) is 6.07. The van der Waals surface area contributed by atoms with Gasteiger partial charge in [-0.3, -0.25) is 14.4 Å². The molecule has 1 amide bonds. The normalized spacial score (nSPS) is 20.8. The number of esters is 1. The van der Waals surface area contributed by atoms with Gasteiger partial charge in [0.2, 0.25) is 5.78 Å². The molecule has 0 spiro atoms. The number of amides is 1. The van der Waals surface area contributed by atoms with Crippen molar-refractivity contribution in [2.24, 2.45) is 5.92 Å². The molecule has 2 heterocycles. The smallest absolute Gasteiger partial charge is 0.330 e. The van der Waals surface area contributed by atoms with Crippen LogP contribution in [0.2, 0.25) is 5.02 Å². The Kier molecular flexibility index (Phi) is 9.30. The number of likely N-dealkylation sites (tertiary alicyclic amines) is 1. The number of ether oxygens (including phenoxy) is 2. The molecule has 8 nitrogen and oxygen atoms in total. The van der Waals surface area contributed by atoms with Gasteiger partial charge in [-0.05, 0) is 69.2 Å². The average molecular weight is 598 g/mol. The second-order valence-corrected chi connectivity index (χ2v) is 11.5. The quantitative estimate of drug-likeness (QED) is 0.223. The van der Waals surface area contributed by atoms with Gasteiger partial charge >= 0.3 is 11.9 Å². The molecule has 3 aromatic rings. The Labute approximate surface area is 250 Å². The lowest BCUT2D eigenvalue weighted by atomic mass is 9.87. The number of hydrogen-bond donors (Lipinski definition) is 1. The predicted octanol–water partition coefficient (Wildman–Crippen LogP) is 6.15. The van der Waals surface area contributed by atoms with Crippen molar-refractivity contribution < 1.29 is 28.2 Å². The van der Waals surface area contributed by atoms with Gasteiger partial charge in [0.05, 0.1) is 35.4 Å². The fraction of sp³-hybridized carbons (Fsp3) is 0.469. The van der Waals surface area contributed by atoms with E-state index in [-0.39, 0.29) is 29.2 Å². The van der Waals surface area contributed by atoms with Crippen molar-refractivity contribution in [3.05, 3.63) is 64.8 Å². The zero-order chi connectivity index (χ0) is 29.9. The van der Waals surface area contributed by atoms with E-state index in [0.29, 0.717) is 55.6 Å². The van der Waals surface area contributed by atoms with E-state index in [9.17, 15) is 14.4 Å². The van der Waals surface area contributed by atoms with Crippen LogP contribution in [0.3, 0.4) is 0 Å². The molecule has 1 aliphatic carbocycles. The first-order valence-corrected chi connectivity index (χ1v) is 15.0. The molecular weight excluding hydrogens is 561 g/mol. The number of anilines is 1. The number of para-hydroxylation sites is 1. The van der Waals surface area contributed by atoms with Crippen molar-refractivity contribution in [1.29, 1.82) is 0 Å². The van der Waals surface area contributed by atoms with Crippen LogP contribution >= 0.6 is 11.6 Å². The summed E-state index contributed by atoms with van der Waals surface area (Å²) >= 11 is 6.54. The first-order valence-electron chi connectivity index (χ1n) is 14.6. The first-order chi connectivity index (χ1) is 20.2. The average Bonchev–Trinajstić information content (AvgIpc) is 3.67. The molecule has 1 N–H and O–H groups in total. The van der Waals surface area contributed by atoms with Gasteiger partial charge in [0.15, 0.2) is 0 Å². The van der Waals surface area contributed by atoms with Gasteiger partial charge in [0.25, 0.3) is 5.91 Å². The van der Waals surface area contributed by atoms with Gasteiger partial charge in [-0.2, -0.15) is 4.39 Å². The number of carbonyl (C=O) groups excluding carboxylic acids is 3. The standard InChI is InChI=1S/C32H37ClFN3O5/c1-3-36-20-25(24-8-4-5-9-28(24)36)30(39)35-27-15-10-21(18-26(27)33)19-29(38)32(34,37-16-6-7-17-37)42-23-13-11-22(12-14-23)31(40)41-2/h4-5,8-10,15,18,20,22-23H,3,6-7,11-14,16-17,19H2,1-2H3,(H,35,39)/t22-,23-,32?. The number of Topliss-reactive ketones (excluding diaryl/α,β-unsaturated/α-hetero) is 1. The molecule has 2 aromatic carbocycles. The number of rotatable bonds is 10. The molecule has 1 aliphatic heterocycles. The highest BCUT2D eigenvalue weighted by Crippen LogP contribution is 2.35. The van der Waals surface area contributed by atoms with Gasteiger partial charge in [0, 0.05) is 43.2 Å². The van der Waals surface area contributed by atoms with Crippen molar-refractivity contribution in [3.8, 4) is 0 Å². The van der Waals surface area contributed by atoms with Crippen LogP contribution in [0, 0.1) is 5.92 Å². The highest BCUT2D eigenvalue weighted by atomic mass is 35.5. The van der Waals surface area contributed by atoms with E-state index >= 15 is 4.39 Å². The maximum absolute atomic E-state index is 16.6. The summed E-state index contributed by atoms with van der Waals surface area (Å²) in [4.78, 5) is 40.0. The SMILES string of the molecule is CCn1cc(C(=O)Nc2ccc(CC(=O)C(F)(O[C@H]3CC[C@H](C(=O)OC)CC3)N3CCCC3)cc2Cl)c2ccccc21. The van der Waals surface area contributed by atoms with E-state index in [1.165, 1.54) is 12.0 Å². The lowest BCUT2D eigenvalue weighted by Gasteiger charge is -2.37. The third-order valence-corrected chi connectivity index (χ3v) is 8.72. The first kappa shape index (κ1) is 30.2. The molecule has 10 heteroatoms. The lowest BCUT2D eigenvalue weighted by molar-refractivity contribution is -0.252.